The fraction of sp³-hybridized carbons (Fsp3) is 0.333. The molecule has 1 aromatic rings. The summed E-state index contributed by atoms with van der Waals surface area (Å²) in [5, 5.41) is 13.2. The number of hydrogen-bond acceptors (Lipinski definition) is 2. The van der Waals surface area contributed by atoms with Crippen LogP contribution in [0.5, 0.6) is 0 Å². The normalized spacial score (nSPS) is 10.8. The van der Waals surface area contributed by atoms with Gasteiger partial charge in [0, 0.05) is 0 Å². The molecule has 7 heteroatoms. The van der Waals surface area contributed by atoms with Crippen LogP contribution in [-0.2, 0) is 6.42 Å². The van der Waals surface area contributed by atoms with Crippen molar-refractivity contribution >= 4 is 5.97 Å². The molecule has 4 nitrogen and oxygen atoms in total. The highest BCUT2D eigenvalue weighted by atomic mass is 19.3. The average molecular weight is 194 g/mol. The van der Waals surface area contributed by atoms with Crippen molar-refractivity contribution in [2.75, 3.05) is 0 Å². The van der Waals surface area contributed by atoms with Crippen molar-refractivity contribution in [2.24, 2.45) is 0 Å². The third-order valence-electron chi connectivity index (χ3n) is 1.34. The number of carboxylic acids is 1. The molecule has 0 aliphatic rings. The van der Waals surface area contributed by atoms with E-state index in [0.29, 0.717) is 0 Å². The van der Waals surface area contributed by atoms with E-state index in [2.05, 4.69) is 5.10 Å². The highest BCUT2D eigenvalue weighted by Crippen LogP contribution is 2.12. The maximum atomic E-state index is 12.8. The first-order chi connectivity index (χ1) is 6.02. The van der Waals surface area contributed by atoms with Crippen LogP contribution >= 0.6 is 0 Å². The Morgan fingerprint density at radius 2 is 2.23 bits per heavy atom. The van der Waals surface area contributed by atoms with Crippen LogP contribution < -0.4 is 0 Å². The van der Waals surface area contributed by atoms with Crippen LogP contribution in [0.3, 0.4) is 0 Å². The first kappa shape index (κ1) is 9.56. The lowest BCUT2D eigenvalue weighted by molar-refractivity contribution is 0.0685. The molecule has 0 atom stereocenters. The van der Waals surface area contributed by atoms with Crippen molar-refractivity contribution in [3.63, 3.8) is 0 Å². The van der Waals surface area contributed by atoms with Gasteiger partial charge in [0.05, 0.1) is 12.1 Å². The second kappa shape index (κ2) is 3.46. The largest absolute Gasteiger partial charge is 0.476 e. The number of carbonyl (C=O) groups is 1. The lowest BCUT2D eigenvalue weighted by Gasteiger charge is -1.94. The van der Waals surface area contributed by atoms with E-state index in [1.807, 2.05) is 5.10 Å². The van der Waals surface area contributed by atoms with Gasteiger partial charge in [0.15, 0.2) is 5.82 Å². The maximum Gasteiger partial charge on any atom is 0.359 e. The van der Waals surface area contributed by atoms with Crippen LogP contribution in [-0.4, -0.2) is 27.7 Å². The number of halogens is 3. The van der Waals surface area contributed by atoms with Crippen LogP contribution in [0.2, 0.25) is 0 Å². The molecule has 0 radical (unpaired) electrons. The van der Waals surface area contributed by atoms with Crippen molar-refractivity contribution in [3.05, 3.63) is 17.2 Å². The van der Waals surface area contributed by atoms with Crippen molar-refractivity contribution < 1.29 is 23.1 Å². The number of alkyl halides is 2. The number of H-pyrrole nitrogens is 1. The minimum atomic E-state index is -2.74. The van der Waals surface area contributed by atoms with Gasteiger partial charge in [-0.05, 0) is 0 Å². The third kappa shape index (κ3) is 1.98. The van der Waals surface area contributed by atoms with Gasteiger partial charge in [-0.25, -0.2) is 18.0 Å². The molecule has 0 saturated carbocycles. The quantitative estimate of drug-likeness (QED) is 0.755. The average Bonchev–Trinajstić information content (AvgIpc) is 2.32. The summed E-state index contributed by atoms with van der Waals surface area (Å²) in [6.45, 7) is 0. The van der Waals surface area contributed by atoms with E-state index >= 15 is 0 Å². The van der Waals surface area contributed by atoms with Gasteiger partial charge < -0.3 is 5.11 Å². The zero-order valence-electron chi connectivity index (χ0n) is 6.22. The number of hydrogen-bond donors (Lipinski definition) is 2. The molecule has 0 aliphatic carbocycles. The Morgan fingerprint density at radius 3 is 2.62 bits per heavy atom. The van der Waals surface area contributed by atoms with Gasteiger partial charge in [0.2, 0.25) is 12.1 Å². The molecule has 2 N–H and O–H groups in total. The molecular formula is C6H5F3N2O2. The van der Waals surface area contributed by atoms with E-state index in [1.54, 1.807) is 0 Å². The predicted octanol–water partition coefficient (Wildman–Crippen LogP) is 1.05. The van der Waals surface area contributed by atoms with Crippen LogP contribution in [0, 0.1) is 5.82 Å². The fourth-order valence-corrected chi connectivity index (χ4v) is 0.796. The number of nitrogens with one attached hydrogen (secondary N) is 1. The third-order valence-corrected chi connectivity index (χ3v) is 1.34. The van der Waals surface area contributed by atoms with E-state index < -0.39 is 36.0 Å². The van der Waals surface area contributed by atoms with Gasteiger partial charge in [-0.15, -0.1) is 0 Å². The van der Waals surface area contributed by atoms with Crippen LogP contribution in [0.25, 0.3) is 0 Å². The summed E-state index contributed by atoms with van der Waals surface area (Å²) < 4.78 is 36.3. The van der Waals surface area contributed by atoms with Gasteiger partial charge in [-0.1, -0.05) is 0 Å². The predicted molar refractivity (Wildman–Crippen MR) is 35.2 cm³/mol. The molecular weight excluding hydrogens is 189 g/mol. The van der Waals surface area contributed by atoms with Gasteiger partial charge >= 0.3 is 5.97 Å². The Morgan fingerprint density at radius 1 is 1.62 bits per heavy atom. The number of aromatic carboxylic acids is 1. The molecule has 0 saturated heterocycles. The van der Waals surface area contributed by atoms with Gasteiger partial charge in [0.25, 0.3) is 0 Å². The molecule has 0 bridgehead atoms. The van der Waals surface area contributed by atoms with E-state index in [-0.39, 0.29) is 0 Å². The summed E-state index contributed by atoms with van der Waals surface area (Å²) in [4.78, 5) is 10.2. The second-order valence-electron chi connectivity index (χ2n) is 2.27. The number of rotatable bonds is 3. The van der Waals surface area contributed by atoms with Crippen molar-refractivity contribution in [1.82, 2.24) is 10.2 Å². The molecule has 0 aromatic carbocycles. The van der Waals surface area contributed by atoms with Crippen molar-refractivity contribution in [1.29, 1.82) is 0 Å². The number of nitrogens with zero attached hydrogens (tertiary/aromatic N) is 1. The lowest BCUT2D eigenvalue weighted by atomic mass is 10.3. The Hall–Kier alpha value is -1.53. The van der Waals surface area contributed by atoms with E-state index in [1.165, 1.54) is 0 Å². The summed E-state index contributed by atoms with van der Waals surface area (Å²) >= 11 is 0. The molecule has 0 aliphatic heterocycles. The van der Waals surface area contributed by atoms with Crippen LogP contribution in [0.15, 0.2) is 0 Å². The summed E-state index contributed by atoms with van der Waals surface area (Å²) in [7, 11) is 0. The highest BCUT2D eigenvalue weighted by molar-refractivity contribution is 5.85. The fourth-order valence-electron chi connectivity index (χ4n) is 0.796. The zero-order chi connectivity index (χ0) is 10.0. The summed E-state index contributed by atoms with van der Waals surface area (Å²) in [6.07, 6.45) is -3.61. The first-order valence-electron chi connectivity index (χ1n) is 3.26. The van der Waals surface area contributed by atoms with E-state index in [9.17, 15) is 18.0 Å². The minimum Gasteiger partial charge on any atom is -0.476 e. The van der Waals surface area contributed by atoms with Crippen LogP contribution in [0.1, 0.15) is 16.2 Å². The monoisotopic (exact) mass is 194 g/mol. The smallest absolute Gasteiger partial charge is 0.359 e. The SMILES string of the molecule is O=C(O)c1n[nH]c(CC(F)F)c1F. The molecule has 13 heavy (non-hydrogen) atoms. The molecule has 72 valence electrons. The molecule has 1 heterocycles. The molecule has 1 rings (SSSR count). The summed E-state index contributed by atoms with van der Waals surface area (Å²) in [6, 6.07) is 0. The molecule has 1 aromatic heterocycles. The highest BCUT2D eigenvalue weighted by Gasteiger charge is 2.20. The van der Waals surface area contributed by atoms with Gasteiger partial charge in [-0.2, -0.15) is 5.10 Å². The number of aromatic amines is 1. The Kier molecular flexibility index (Phi) is 2.54. The molecule has 0 amide bonds. The number of aromatic nitrogens is 2. The minimum absolute atomic E-state index is 0.493. The molecule has 0 fully saturated rings. The van der Waals surface area contributed by atoms with Gasteiger partial charge in [0.1, 0.15) is 0 Å². The zero-order valence-corrected chi connectivity index (χ0v) is 6.22. The Balaban J connectivity index is 2.93. The van der Waals surface area contributed by atoms with Crippen molar-refractivity contribution in [3.8, 4) is 0 Å². The Labute approximate surface area is 70.4 Å². The summed E-state index contributed by atoms with van der Waals surface area (Å²) in [5.74, 6) is -2.82. The van der Waals surface area contributed by atoms with Crippen LogP contribution in [0.4, 0.5) is 13.2 Å². The maximum absolute atomic E-state index is 12.8. The topological polar surface area (TPSA) is 66.0 Å². The standard InChI is InChI=1S/C6H5F3N2O2/c7-3(8)1-2-4(9)5(6(12)13)11-10-2/h3H,1H2,(H,10,11)(H,12,13). The first-order valence-corrected chi connectivity index (χ1v) is 3.26. The molecule has 0 spiro atoms. The second-order valence-corrected chi connectivity index (χ2v) is 2.27. The summed E-state index contributed by atoms with van der Waals surface area (Å²) in [5.41, 5.74) is -1.36. The van der Waals surface area contributed by atoms with Gasteiger partial charge in [-0.3, -0.25) is 5.10 Å². The number of carboxylic acid groups (broad SMARTS) is 1. The Bertz CT molecular complexity index is 324. The lowest BCUT2D eigenvalue weighted by Crippen LogP contribution is -2.02. The van der Waals surface area contributed by atoms with E-state index in [0.717, 1.165) is 0 Å². The van der Waals surface area contributed by atoms with E-state index in [4.69, 9.17) is 5.11 Å². The van der Waals surface area contributed by atoms with Crippen molar-refractivity contribution in [2.45, 2.75) is 12.8 Å². The molecule has 0 unspecified atom stereocenters.